The maximum Gasteiger partial charge on any atom is 0.251 e. The van der Waals surface area contributed by atoms with Crippen molar-refractivity contribution in [2.45, 2.75) is 32.1 Å². The van der Waals surface area contributed by atoms with Crippen LogP contribution >= 0.6 is 0 Å². The minimum Gasteiger partial charge on any atom is -0.369 e. The summed E-state index contributed by atoms with van der Waals surface area (Å²) >= 11 is 0. The third-order valence-corrected chi connectivity index (χ3v) is 7.44. The monoisotopic (exact) mass is 528 g/mol. The average molecular weight is 529 g/mol. The molecule has 9 nitrogen and oxygen atoms in total. The predicted octanol–water partition coefficient (Wildman–Crippen LogP) is 4.08. The first kappa shape index (κ1) is 26.6. The Morgan fingerprint density at radius 1 is 1.10 bits per heavy atom. The maximum atomic E-state index is 14.7. The molecule has 1 fully saturated rings. The van der Waals surface area contributed by atoms with Crippen molar-refractivity contribution in [1.29, 1.82) is 0 Å². The van der Waals surface area contributed by atoms with E-state index in [0.717, 1.165) is 42.2 Å². The molecule has 202 valence electrons. The van der Waals surface area contributed by atoms with Crippen LogP contribution in [0.2, 0.25) is 0 Å². The van der Waals surface area contributed by atoms with Gasteiger partial charge in [-0.25, -0.2) is 24.3 Å². The van der Waals surface area contributed by atoms with Crippen LogP contribution in [0.15, 0.2) is 49.2 Å². The number of carbonyl (C=O) groups is 1. The zero-order valence-corrected chi connectivity index (χ0v) is 22.5. The number of fused-ring (bicyclic) bond motifs is 1. The highest BCUT2D eigenvalue weighted by atomic mass is 19.1. The number of anilines is 1. The number of benzene rings is 1. The first-order valence-corrected chi connectivity index (χ1v) is 13.3. The maximum absolute atomic E-state index is 14.7. The van der Waals surface area contributed by atoms with Gasteiger partial charge in [0, 0.05) is 61.5 Å². The third kappa shape index (κ3) is 6.01. The summed E-state index contributed by atoms with van der Waals surface area (Å²) < 4.78 is 14.7. The number of likely N-dealkylation sites (tertiary alicyclic amines) is 1. The standard InChI is InChI=1S/C29H33FN8O/c1-18(21-4-5-23(30)27-22(29(39)31-2)6-9-32-28(21)27)14-33-26-13-24(36-17-37-26)20-15-34-25(35-16-20)12-19-7-10-38(3)11-8-19/h4-6,9,13,15-19H,7-8,10-12,14H2,1-3H3,(H,31,39)(H,33,36,37). The van der Waals surface area contributed by atoms with E-state index in [2.05, 4.69) is 47.5 Å². The quantitative estimate of drug-likeness (QED) is 0.352. The second-order valence-corrected chi connectivity index (χ2v) is 10.2. The molecule has 4 aromatic rings. The first-order chi connectivity index (χ1) is 18.9. The van der Waals surface area contributed by atoms with Crippen LogP contribution in [-0.4, -0.2) is 69.5 Å². The van der Waals surface area contributed by atoms with Crippen LogP contribution in [0.3, 0.4) is 0 Å². The molecule has 0 radical (unpaired) electrons. The van der Waals surface area contributed by atoms with Gasteiger partial charge in [-0.2, -0.15) is 0 Å². The molecule has 10 heteroatoms. The molecule has 2 N–H and O–H groups in total. The number of amides is 1. The number of aromatic nitrogens is 5. The molecular formula is C29H33FN8O. The molecule has 1 atom stereocenters. The van der Waals surface area contributed by atoms with E-state index in [1.165, 1.54) is 44.5 Å². The van der Waals surface area contributed by atoms with E-state index in [-0.39, 0.29) is 22.8 Å². The molecule has 0 bridgehead atoms. The molecule has 5 rings (SSSR count). The summed E-state index contributed by atoms with van der Waals surface area (Å²) in [7, 11) is 3.69. The van der Waals surface area contributed by atoms with Crippen molar-refractivity contribution in [2.24, 2.45) is 5.92 Å². The Labute approximate surface area is 227 Å². The fourth-order valence-corrected chi connectivity index (χ4v) is 5.07. The lowest BCUT2D eigenvalue weighted by atomic mass is 9.93. The summed E-state index contributed by atoms with van der Waals surface area (Å²) in [6, 6.07) is 6.51. The third-order valence-electron chi connectivity index (χ3n) is 7.44. The number of nitrogens with one attached hydrogen (secondary N) is 2. The van der Waals surface area contributed by atoms with E-state index >= 15 is 0 Å². The number of hydrogen-bond donors (Lipinski definition) is 2. The van der Waals surface area contributed by atoms with Gasteiger partial charge in [-0.3, -0.25) is 9.78 Å². The lowest BCUT2D eigenvalue weighted by Crippen LogP contribution is -2.31. The molecule has 3 aromatic heterocycles. The molecule has 39 heavy (non-hydrogen) atoms. The molecule has 1 saturated heterocycles. The highest BCUT2D eigenvalue weighted by molar-refractivity contribution is 6.06. The minimum atomic E-state index is -0.472. The Bertz CT molecular complexity index is 1450. The van der Waals surface area contributed by atoms with Gasteiger partial charge in [0.1, 0.15) is 23.8 Å². The van der Waals surface area contributed by atoms with Crippen LogP contribution in [0.4, 0.5) is 10.2 Å². The van der Waals surface area contributed by atoms with Gasteiger partial charge in [0.2, 0.25) is 0 Å². The zero-order chi connectivity index (χ0) is 27.4. The molecule has 1 aromatic carbocycles. The van der Waals surface area contributed by atoms with E-state index in [1.54, 1.807) is 6.07 Å². The Hall–Kier alpha value is -4.05. The van der Waals surface area contributed by atoms with Gasteiger partial charge >= 0.3 is 0 Å². The number of nitrogens with zero attached hydrogens (tertiary/aromatic N) is 6. The van der Waals surface area contributed by atoms with Crippen LogP contribution in [0, 0.1) is 11.7 Å². The number of hydrogen-bond acceptors (Lipinski definition) is 8. The summed E-state index contributed by atoms with van der Waals surface area (Å²) in [6.45, 7) is 4.80. The number of pyridine rings is 1. The Kier molecular flexibility index (Phi) is 8.02. The molecule has 4 heterocycles. The molecule has 1 aliphatic heterocycles. The van der Waals surface area contributed by atoms with Gasteiger partial charge in [-0.05, 0) is 56.6 Å². The van der Waals surface area contributed by atoms with Crippen molar-refractivity contribution in [3.63, 3.8) is 0 Å². The molecular weight excluding hydrogens is 495 g/mol. The summed E-state index contributed by atoms with van der Waals surface area (Å²) in [6.07, 6.45) is 9.96. The molecule has 1 unspecified atom stereocenters. The van der Waals surface area contributed by atoms with Gasteiger partial charge in [0.25, 0.3) is 5.91 Å². The smallest absolute Gasteiger partial charge is 0.251 e. The Morgan fingerprint density at radius 3 is 2.62 bits per heavy atom. The van der Waals surface area contributed by atoms with Crippen molar-refractivity contribution in [3.05, 3.63) is 72.0 Å². The summed E-state index contributed by atoms with van der Waals surface area (Å²) in [5.41, 5.74) is 3.15. The molecule has 1 aliphatic rings. The van der Waals surface area contributed by atoms with Gasteiger partial charge in [0.05, 0.1) is 16.8 Å². The van der Waals surface area contributed by atoms with E-state index in [4.69, 9.17) is 0 Å². The largest absolute Gasteiger partial charge is 0.369 e. The Morgan fingerprint density at radius 2 is 1.87 bits per heavy atom. The van der Waals surface area contributed by atoms with Crippen molar-refractivity contribution >= 4 is 22.6 Å². The fraction of sp³-hybridized carbons (Fsp3) is 0.379. The SMILES string of the molecule is CNC(=O)c1ccnc2c(C(C)CNc3cc(-c4cnc(CC5CCN(C)CC5)nc4)ncn3)ccc(F)c12. The second kappa shape index (κ2) is 11.8. The van der Waals surface area contributed by atoms with E-state index < -0.39 is 5.82 Å². The van der Waals surface area contributed by atoms with Crippen LogP contribution < -0.4 is 10.6 Å². The molecule has 0 aliphatic carbocycles. The highest BCUT2D eigenvalue weighted by Gasteiger charge is 2.20. The van der Waals surface area contributed by atoms with Gasteiger partial charge in [0.15, 0.2) is 0 Å². The van der Waals surface area contributed by atoms with Gasteiger partial charge in [-0.1, -0.05) is 13.0 Å². The van der Waals surface area contributed by atoms with Crippen molar-refractivity contribution in [1.82, 2.24) is 35.1 Å². The number of carbonyl (C=O) groups excluding carboxylic acids is 1. The minimum absolute atomic E-state index is 0.0406. The van der Waals surface area contributed by atoms with E-state index in [1.807, 2.05) is 25.4 Å². The first-order valence-electron chi connectivity index (χ1n) is 13.3. The van der Waals surface area contributed by atoms with Gasteiger partial charge < -0.3 is 15.5 Å². The highest BCUT2D eigenvalue weighted by Crippen LogP contribution is 2.29. The van der Waals surface area contributed by atoms with Crippen molar-refractivity contribution in [2.75, 3.05) is 39.0 Å². The summed E-state index contributed by atoms with van der Waals surface area (Å²) in [4.78, 5) is 37.0. The van der Waals surface area contributed by atoms with Crippen LogP contribution in [-0.2, 0) is 6.42 Å². The van der Waals surface area contributed by atoms with Gasteiger partial charge in [-0.15, -0.1) is 0 Å². The van der Waals surface area contributed by atoms with E-state index in [9.17, 15) is 9.18 Å². The molecule has 0 saturated carbocycles. The van der Waals surface area contributed by atoms with Crippen LogP contribution in [0.25, 0.3) is 22.2 Å². The number of rotatable bonds is 8. The van der Waals surface area contributed by atoms with Crippen LogP contribution in [0.5, 0.6) is 0 Å². The lowest BCUT2D eigenvalue weighted by molar-refractivity contribution is 0.0964. The predicted molar refractivity (Wildman–Crippen MR) is 149 cm³/mol. The zero-order valence-electron chi connectivity index (χ0n) is 22.5. The molecule has 0 spiro atoms. The normalized spacial score (nSPS) is 15.3. The lowest BCUT2D eigenvalue weighted by Gasteiger charge is -2.28. The van der Waals surface area contributed by atoms with Crippen molar-refractivity contribution in [3.8, 4) is 11.3 Å². The number of halogens is 1. The summed E-state index contributed by atoms with van der Waals surface area (Å²) in [5.74, 6) is 1.30. The molecule has 1 amide bonds. The number of piperidine rings is 1. The fourth-order valence-electron chi connectivity index (χ4n) is 5.07. The van der Waals surface area contributed by atoms with Crippen molar-refractivity contribution < 1.29 is 9.18 Å². The topological polar surface area (TPSA) is 109 Å². The second-order valence-electron chi connectivity index (χ2n) is 10.2. The Balaban J connectivity index is 1.27. The van der Waals surface area contributed by atoms with Crippen LogP contribution in [0.1, 0.15) is 47.4 Å². The average Bonchev–Trinajstić information content (AvgIpc) is 2.97. The summed E-state index contributed by atoms with van der Waals surface area (Å²) in [5, 5.41) is 6.15. The van der Waals surface area contributed by atoms with E-state index in [0.29, 0.717) is 23.8 Å².